The van der Waals surface area contributed by atoms with Gasteiger partial charge in [0.15, 0.2) is 17.5 Å². The first-order chi connectivity index (χ1) is 25.2. The minimum absolute atomic E-state index is 0.0126. The van der Waals surface area contributed by atoms with Gasteiger partial charge in [-0.15, -0.1) is 0 Å². The fourth-order valence-corrected chi connectivity index (χ4v) is 8.17. The second kappa shape index (κ2) is 12.8. The third-order valence-electron chi connectivity index (χ3n) is 11.8. The van der Waals surface area contributed by atoms with Gasteiger partial charge in [0.1, 0.15) is 11.1 Å². The number of benzene rings is 1. The van der Waals surface area contributed by atoms with Gasteiger partial charge in [0.2, 0.25) is 5.91 Å². The summed E-state index contributed by atoms with van der Waals surface area (Å²) in [6.45, 7) is 11.1. The predicted molar refractivity (Wildman–Crippen MR) is 194 cm³/mol. The molecule has 0 unspecified atom stereocenters. The summed E-state index contributed by atoms with van der Waals surface area (Å²) in [4.78, 5) is 45.9. The van der Waals surface area contributed by atoms with Gasteiger partial charge in [-0.1, -0.05) is 6.42 Å². The number of hydrogen-bond donors (Lipinski definition) is 2. The molecule has 3 fully saturated rings. The van der Waals surface area contributed by atoms with Gasteiger partial charge in [-0.05, 0) is 104 Å². The van der Waals surface area contributed by atoms with Crippen LogP contribution in [0, 0.1) is 18.6 Å². The molecule has 2 amide bonds. The van der Waals surface area contributed by atoms with Crippen LogP contribution in [0.3, 0.4) is 0 Å². The number of alkyl halides is 2. The second-order valence-corrected chi connectivity index (χ2v) is 16.0. The van der Waals surface area contributed by atoms with Crippen molar-refractivity contribution >= 4 is 40.0 Å². The third kappa shape index (κ3) is 5.84. The van der Waals surface area contributed by atoms with Crippen LogP contribution in [0.25, 0.3) is 22.3 Å². The molecule has 4 aliphatic rings. The highest BCUT2D eigenvalue weighted by Crippen LogP contribution is 2.47. The molecular formula is C39H44F4N8O2. The van der Waals surface area contributed by atoms with Crippen LogP contribution in [-0.2, 0) is 10.2 Å². The van der Waals surface area contributed by atoms with E-state index in [1.54, 1.807) is 18.6 Å². The number of carbonyl (C=O) groups is 2. The molecule has 5 heterocycles. The zero-order valence-corrected chi connectivity index (χ0v) is 30.6. The molecule has 0 radical (unpaired) electrons. The number of rotatable bonds is 9. The van der Waals surface area contributed by atoms with Crippen molar-refractivity contribution < 1.29 is 27.2 Å². The van der Waals surface area contributed by atoms with E-state index in [1.807, 2.05) is 43.2 Å². The molecule has 0 bridgehead atoms. The number of piperidine rings is 1. The summed E-state index contributed by atoms with van der Waals surface area (Å²) in [6.07, 6.45) is 6.19. The molecule has 2 aliphatic carbocycles. The van der Waals surface area contributed by atoms with E-state index < -0.39 is 34.9 Å². The van der Waals surface area contributed by atoms with Crippen LogP contribution in [0.5, 0.6) is 0 Å². The number of aromatic nitrogens is 4. The van der Waals surface area contributed by atoms with Crippen LogP contribution in [0.2, 0.25) is 0 Å². The Morgan fingerprint density at radius 1 is 0.981 bits per heavy atom. The number of carbonyl (C=O) groups excluding carboxylic acids is 2. The summed E-state index contributed by atoms with van der Waals surface area (Å²) in [5, 5.41) is 5.26. The Kier molecular flexibility index (Phi) is 8.54. The molecule has 2 N–H and O–H groups in total. The Bertz CT molecular complexity index is 2130. The van der Waals surface area contributed by atoms with Crippen molar-refractivity contribution in [3.05, 3.63) is 59.2 Å². The summed E-state index contributed by atoms with van der Waals surface area (Å²) in [7, 11) is 0. The van der Waals surface area contributed by atoms with Gasteiger partial charge in [-0.3, -0.25) is 14.6 Å². The summed E-state index contributed by atoms with van der Waals surface area (Å²) < 4.78 is 60.2. The van der Waals surface area contributed by atoms with E-state index in [0.29, 0.717) is 34.0 Å². The molecule has 53 heavy (non-hydrogen) atoms. The van der Waals surface area contributed by atoms with Gasteiger partial charge in [0.05, 0.1) is 40.0 Å². The molecule has 8 rings (SSSR count). The highest BCUT2D eigenvalue weighted by Gasteiger charge is 2.53. The Morgan fingerprint density at radius 3 is 2.36 bits per heavy atom. The SMILES string of the molecule is Cc1c(C(=O)NC2(C(F)F)CC2)cc(Nc2nc(-c3cnc4c(c3)N(C3CC(N5CCCCC5)C3)C(=O)C4(C)C)cc3ncn(C(C)C)c23)c(F)c1F. The first kappa shape index (κ1) is 35.4. The maximum Gasteiger partial charge on any atom is 0.261 e. The van der Waals surface area contributed by atoms with Crippen molar-refractivity contribution in [2.24, 2.45) is 0 Å². The largest absolute Gasteiger partial charge is 0.341 e. The normalized spacial score (nSPS) is 22.0. The van der Waals surface area contributed by atoms with Crippen LogP contribution in [0.4, 0.5) is 34.8 Å². The number of halogens is 4. The van der Waals surface area contributed by atoms with Crippen molar-refractivity contribution in [3.63, 3.8) is 0 Å². The van der Waals surface area contributed by atoms with Crippen molar-refractivity contribution in [1.82, 2.24) is 29.7 Å². The monoisotopic (exact) mass is 732 g/mol. The predicted octanol–water partition coefficient (Wildman–Crippen LogP) is 7.57. The van der Waals surface area contributed by atoms with Gasteiger partial charge in [-0.2, -0.15) is 0 Å². The number of pyridine rings is 2. The molecule has 14 heteroatoms. The minimum Gasteiger partial charge on any atom is -0.341 e. The second-order valence-electron chi connectivity index (χ2n) is 16.0. The molecule has 1 saturated heterocycles. The summed E-state index contributed by atoms with van der Waals surface area (Å²) in [6, 6.07) is 5.27. The summed E-state index contributed by atoms with van der Waals surface area (Å²) in [5.74, 6) is -3.29. The first-order valence-electron chi connectivity index (χ1n) is 18.5. The number of imidazole rings is 1. The van der Waals surface area contributed by atoms with Crippen molar-refractivity contribution in [2.45, 2.75) is 115 Å². The molecule has 10 nitrogen and oxygen atoms in total. The number of amides is 2. The lowest BCUT2D eigenvalue weighted by Crippen LogP contribution is -2.57. The maximum absolute atomic E-state index is 15.7. The standard InChI is InChI=1S/C39H44F4N8O2/c1-20(2)50-19-45-28-17-26(22-13-29-33(44-18-22)38(4,5)37(53)51(29)24-14-23(15-24)49-11-7-6-8-12-49)46-34(32(28)50)47-27-16-25(21(3)30(40)31(27)41)35(52)48-39(9-10-39)36(42)43/h13,16-20,23-24,36H,6-12,14-15H2,1-5H3,(H,46,47)(H,48,52). The Hall–Kier alpha value is -4.59. The third-order valence-corrected chi connectivity index (χ3v) is 11.8. The lowest BCUT2D eigenvalue weighted by molar-refractivity contribution is -0.123. The molecule has 2 aliphatic heterocycles. The van der Waals surface area contributed by atoms with E-state index >= 15 is 8.78 Å². The van der Waals surface area contributed by atoms with Crippen LogP contribution < -0.4 is 15.5 Å². The quantitative estimate of drug-likeness (QED) is 0.171. The molecule has 0 atom stereocenters. The topological polar surface area (TPSA) is 108 Å². The molecule has 4 aromatic rings. The Morgan fingerprint density at radius 2 is 1.70 bits per heavy atom. The van der Waals surface area contributed by atoms with Gasteiger partial charge in [-0.25, -0.2) is 27.5 Å². The van der Waals surface area contributed by atoms with E-state index in [-0.39, 0.29) is 53.5 Å². The molecule has 280 valence electrons. The molecular weight excluding hydrogens is 688 g/mol. The van der Waals surface area contributed by atoms with Gasteiger partial charge in [0, 0.05) is 41.0 Å². The average Bonchev–Trinajstić information content (AvgIpc) is 3.72. The van der Waals surface area contributed by atoms with Crippen molar-refractivity contribution in [3.8, 4) is 11.3 Å². The van der Waals surface area contributed by atoms with Crippen LogP contribution in [-0.4, -0.2) is 73.4 Å². The van der Waals surface area contributed by atoms with Gasteiger partial charge < -0.3 is 25.0 Å². The van der Waals surface area contributed by atoms with Crippen molar-refractivity contribution in [2.75, 3.05) is 23.3 Å². The average molecular weight is 733 g/mol. The highest BCUT2D eigenvalue weighted by molar-refractivity contribution is 6.08. The number of fused-ring (bicyclic) bond motifs is 2. The summed E-state index contributed by atoms with van der Waals surface area (Å²) in [5.41, 5.74) is 0.0654. The number of anilines is 3. The van der Waals surface area contributed by atoms with E-state index in [4.69, 9.17) is 9.97 Å². The molecule has 2 saturated carbocycles. The smallest absolute Gasteiger partial charge is 0.261 e. The first-order valence-corrected chi connectivity index (χ1v) is 18.5. The van der Waals surface area contributed by atoms with E-state index in [2.05, 4.69) is 20.5 Å². The maximum atomic E-state index is 15.7. The number of hydrogen-bond acceptors (Lipinski definition) is 7. The fourth-order valence-electron chi connectivity index (χ4n) is 8.17. The zero-order chi connectivity index (χ0) is 37.6. The highest BCUT2D eigenvalue weighted by atomic mass is 19.3. The van der Waals surface area contributed by atoms with Crippen LogP contribution in [0.15, 0.2) is 30.7 Å². The number of nitrogens with zero attached hydrogens (tertiary/aromatic N) is 6. The van der Waals surface area contributed by atoms with Crippen molar-refractivity contribution in [1.29, 1.82) is 0 Å². The number of nitrogens with one attached hydrogen (secondary N) is 2. The van der Waals surface area contributed by atoms with E-state index in [1.165, 1.54) is 26.2 Å². The van der Waals surface area contributed by atoms with Crippen LogP contribution in [0.1, 0.15) is 100 Å². The fraction of sp³-hybridized carbons (Fsp3) is 0.513. The minimum atomic E-state index is -2.79. The summed E-state index contributed by atoms with van der Waals surface area (Å²) >= 11 is 0. The van der Waals surface area contributed by atoms with Crippen LogP contribution >= 0.6 is 0 Å². The number of likely N-dealkylation sites (tertiary alicyclic amines) is 1. The lowest BCUT2D eigenvalue weighted by Gasteiger charge is -2.47. The Labute approximate surface area is 305 Å². The molecule has 1 aromatic carbocycles. The Balaban J connectivity index is 1.17. The molecule has 3 aromatic heterocycles. The zero-order valence-electron chi connectivity index (χ0n) is 30.6. The van der Waals surface area contributed by atoms with Gasteiger partial charge >= 0.3 is 0 Å². The van der Waals surface area contributed by atoms with E-state index in [9.17, 15) is 18.4 Å². The van der Waals surface area contributed by atoms with E-state index in [0.717, 1.165) is 37.7 Å². The van der Waals surface area contributed by atoms with Gasteiger partial charge in [0.25, 0.3) is 12.3 Å². The molecule has 0 spiro atoms. The lowest BCUT2D eigenvalue weighted by atomic mass is 9.83.